The van der Waals surface area contributed by atoms with E-state index in [1.54, 1.807) is 92.0 Å². The van der Waals surface area contributed by atoms with Gasteiger partial charge >= 0.3 is 0 Å². The molecule has 135 heavy (non-hydrogen) atoms. The van der Waals surface area contributed by atoms with Crippen LogP contribution in [0.3, 0.4) is 0 Å². The van der Waals surface area contributed by atoms with Gasteiger partial charge in [0.1, 0.15) is 35.7 Å². The number of hydrogen-bond acceptors (Lipinski definition) is 28. The zero-order valence-electron chi connectivity index (χ0n) is 75.8. The van der Waals surface area contributed by atoms with E-state index in [4.69, 9.17) is 91.7 Å². The average molecular weight is 1880 g/mol. The van der Waals surface area contributed by atoms with E-state index in [1.165, 1.54) is 55.0 Å². The van der Waals surface area contributed by atoms with Crippen LogP contribution in [0.2, 0.25) is 0 Å². The van der Waals surface area contributed by atoms with E-state index in [0.29, 0.717) is 66.8 Å². The molecule has 44 nitrogen and oxygen atoms in total. The molecule has 0 radical (unpaired) electrons. The topological polar surface area (TPSA) is 819 Å². The molecule has 0 bridgehead atoms. The lowest BCUT2D eigenvalue weighted by Gasteiger charge is -2.29. The van der Waals surface area contributed by atoms with Gasteiger partial charge in [-0.3, -0.25) is 91.7 Å². The Morgan fingerprint density at radius 1 is 0.370 bits per heavy atom. The molecule has 1 fully saturated rings. The first kappa shape index (κ1) is 116. The number of fused-ring (bicyclic) bond motifs is 1. The monoisotopic (exact) mass is 1880 g/mol. The van der Waals surface area contributed by atoms with Gasteiger partial charge in [-0.05, 0) is 149 Å². The summed E-state index contributed by atoms with van der Waals surface area (Å²) in [5.74, 6) is -6.97. The third-order valence-corrected chi connectivity index (χ3v) is 19.6. The Morgan fingerprint density at radius 2 is 0.770 bits per heavy atom. The van der Waals surface area contributed by atoms with E-state index in [1.807, 2.05) is 66.4 Å². The van der Waals surface area contributed by atoms with Crippen LogP contribution in [-0.4, -0.2) is 233 Å². The van der Waals surface area contributed by atoms with Crippen molar-refractivity contribution in [1.82, 2.24) is 62.0 Å². The molecule has 45 heteroatoms. The van der Waals surface area contributed by atoms with Crippen molar-refractivity contribution in [2.75, 3.05) is 65.4 Å². The molecule has 2 aliphatic heterocycles. The van der Waals surface area contributed by atoms with E-state index in [9.17, 15) is 81.1 Å². The van der Waals surface area contributed by atoms with Crippen LogP contribution >= 0.6 is 0 Å². The van der Waals surface area contributed by atoms with E-state index in [0.717, 1.165) is 49.4 Å². The number of carbonyl (C=O) groups is 16. The predicted molar refractivity (Wildman–Crippen MR) is 503 cm³/mol. The second-order valence-electron chi connectivity index (χ2n) is 30.6. The Bertz CT molecular complexity index is 4820. The van der Waals surface area contributed by atoms with Crippen LogP contribution in [0.5, 0.6) is 0 Å². The Labute approximate surface area is 782 Å². The second kappa shape index (κ2) is 65.9. The van der Waals surface area contributed by atoms with E-state index in [2.05, 4.69) is 63.1 Å². The first-order chi connectivity index (χ1) is 64.0. The molecular formula is C90H131FN28O16. The number of primary amides is 8. The Morgan fingerprint density at radius 3 is 1.22 bits per heavy atom. The highest BCUT2D eigenvalue weighted by Crippen LogP contribution is 2.20. The van der Waals surface area contributed by atoms with Gasteiger partial charge in [-0.2, -0.15) is 0 Å². The highest BCUT2D eigenvalue weighted by atomic mass is 19.1. The lowest BCUT2D eigenvalue weighted by molar-refractivity contribution is -0.132. The summed E-state index contributed by atoms with van der Waals surface area (Å²) in [6, 6.07) is 35.8. The predicted octanol–water partition coefficient (Wildman–Crippen LogP) is -4.96. The highest BCUT2D eigenvalue weighted by molar-refractivity contribution is 5.97. The molecule has 0 saturated carbocycles. The molecule has 5 heterocycles. The second-order valence-corrected chi connectivity index (χ2v) is 30.6. The van der Waals surface area contributed by atoms with Crippen molar-refractivity contribution in [3.8, 4) is 0 Å². The maximum Gasteiger partial charge on any atom is 0.270 e. The van der Waals surface area contributed by atoms with Gasteiger partial charge in [-0.15, -0.1) is 0 Å². The van der Waals surface area contributed by atoms with E-state index < -0.39 is 95.6 Å². The molecule has 8 atom stereocenters. The molecular weight excluding hydrogens is 1750 g/mol. The Kier molecular flexibility index (Phi) is 56.9. The van der Waals surface area contributed by atoms with Gasteiger partial charge in [0.15, 0.2) is 0 Å². The van der Waals surface area contributed by atoms with Crippen LogP contribution < -0.4 is 129 Å². The first-order valence-corrected chi connectivity index (χ1v) is 43.0. The van der Waals surface area contributed by atoms with Crippen molar-refractivity contribution >= 4 is 94.5 Å². The molecule has 7 aromatic rings. The van der Waals surface area contributed by atoms with Gasteiger partial charge in [0, 0.05) is 150 Å². The van der Waals surface area contributed by atoms with Crippen molar-refractivity contribution in [1.29, 1.82) is 0 Å². The summed E-state index contributed by atoms with van der Waals surface area (Å²) >= 11 is 0. The van der Waals surface area contributed by atoms with Crippen LogP contribution in [0.15, 0.2) is 170 Å². The van der Waals surface area contributed by atoms with Gasteiger partial charge in [0.05, 0.1) is 24.2 Å². The highest BCUT2D eigenvalue weighted by Gasteiger charge is 2.24. The van der Waals surface area contributed by atoms with Gasteiger partial charge in [-0.1, -0.05) is 96.9 Å². The summed E-state index contributed by atoms with van der Waals surface area (Å²) < 4.78 is 13.2. The average Bonchev–Trinajstić information content (AvgIpc) is 0.830. The molecule has 16 amide bonds. The number of aromatic nitrogens is 3. The summed E-state index contributed by atoms with van der Waals surface area (Å²) in [4.78, 5) is 194. The summed E-state index contributed by atoms with van der Waals surface area (Å²) in [6.45, 7) is 9.62. The zero-order chi connectivity index (χ0) is 101. The standard InChI is InChI=1S/C14H19N3O2.C12H16FN3O2.C12H18N4O2.C12H24N4O2.C11H15N3O2.C10H14N4O2.C10H13N3O2.C9H12N4O2/c15-12(14(16)19)5-6-13(18)17-8-7-10-3-1-2-4-11(10)9-17;13-9-4-2-1-3-8(9)7-16-11(17)6-5-10(14)12(15)18;13-10(12(14)18)4-5-11(17)16-8-6-9-3-1-2-7-15-9;13-10(12(14)18)4-5-11(17)15-6-9-16-7-2-1-3-8-16;1-7-2-4-8(5-3-7)11(16)14-6-9(12)10(13)15;1-6-3-2-4-13-8(6)10(16)14-5-7(11)9(12)15;11-8(9(12)14)6-13-10(15)7-4-2-1-3-5-7;10-7(8(11)14)5-13-9(15)6-1-3-12-4-2-6/h1-4,12H,5-9,15H2,(H2,16,19);1-4,10H,5-7,14H2,(H2,15,18)(H,16,17);1-3,7,10H,4-6,8,13H2,(H2,14,18)(H,16,17);10H,1-9,13H2,(H2,14,18)(H,15,17);2-5,9H,6,12H2,1H3,(H2,13,15)(H,14,16);2-4,7H,5,11H2,1H3,(H2,12,15)(H,14,16);1-5,8H,6,11H2,(H2,12,14)(H,13,15);1-4,7H,5,10H2,(H2,11,14)(H,13,15)/t12-;3*10-;9-;7-;8-;7-/m00000000/s1. The fourth-order valence-corrected chi connectivity index (χ4v) is 11.2. The number of piperidine rings is 1. The normalized spacial score (nSPS) is 13.3. The minimum atomic E-state index is -0.882. The number of nitrogens with one attached hydrogen (secondary N) is 7. The number of amides is 16. The number of carbonyl (C=O) groups excluding carboxylic acids is 16. The van der Waals surface area contributed by atoms with Crippen LogP contribution in [0.4, 0.5) is 4.39 Å². The maximum atomic E-state index is 13.2. The number of nitrogens with two attached hydrogens (primary N) is 16. The number of benzene rings is 4. The molecule has 4 aromatic carbocycles. The smallest absolute Gasteiger partial charge is 0.270 e. The summed E-state index contributed by atoms with van der Waals surface area (Å²) in [7, 11) is 0. The molecule has 39 N–H and O–H groups in total. The zero-order valence-corrected chi connectivity index (χ0v) is 75.8. The number of hydrogen-bond donors (Lipinski definition) is 23. The number of pyridine rings is 3. The summed E-state index contributed by atoms with van der Waals surface area (Å²) in [5.41, 5.74) is 90.6. The molecule has 0 spiro atoms. The van der Waals surface area contributed by atoms with Gasteiger partial charge in [0.2, 0.25) is 70.9 Å². The molecule has 3 aromatic heterocycles. The Hall–Kier alpha value is -14.6. The third-order valence-electron chi connectivity index (χ3n) is 19.6. The van der Waals surface area contributed by atoms with Gasteiger partial charge < -0.3 is 139 Å². The molecule has 0 aliphatic carbocycles. The van der Waals surface area contributed by atoms with Crippen LogP contribution in [-0.2, 0) is 83.5 Å². The van der Waals surface area contributed by atoms with Crippen molar-refractivity contribution in [2.24, 2.45) is 91.7 Å². The van der Waals surface area contributed by atoms with E-state index in [-0.39, 0.29) is 124 Å². The lowest BCUT2D eigenvalue weighted by Crippen LogP contribution is -2.46. The first-order valence-electron chi connectivity index (χ1n) is 43.0. The molecule has 9 rings (SSSR count). The number of nitrogens with zero attached hydrogens (tertiary/aromatic N) is 5. The molecule has 1 saturated heterocycles. The number of aryl methyl sites for hydroxylation is 2. The maximum absolute atomic E-state index is 13.2. The van der Waals surface area contributed by atoms with Crippen molar-refractivity contribution in [2.45, 2.75) is 159 Å². The largest absolute Gasteiger partial charge is 0.368 e. The van der Waals surface area contributed by atoms with Gasteiger partial charge in [0.25, 0.3) is 23.6 Å². The van der Waals surface area contributed by atoms with Crippen molar-refractivity contribution < 1.29 is 81.1 Å². The summed E-state index contributed by atoms with van der Waals surface area (Å²) in [5, 5.41) is 18.2. The SMILES string of the molecule is Cc1ccc(C(=O)NC[C@H](N)C(N)=O)cc1.Cc1cccnc1C(=O)NC[C@H](N)C(N)=O.NC(=O)[C@@H](N)CCC(=O)N1CCc2ccccc2C1.NC(=O)[C@@H](N)CCC(=O)NCCN1CCCCC1.NC(=O)[C@@H](N)CCC(=O)NCCc1ccccn1.NC(=O)[C@@H](N)CCC(=O)NCc1ccccc1F.NC(=O)[C@@H](N)CNC(=O)c1ccccc1.NC(=O)[C@@H](N)CNC(=O)c1ccncc1. The van der Waals surface area contributed by atoms with Crippen molar-refractivity contribution in [3.05, 3.63) is 232 Å². The minimum Gasteiger partial charge on any atom is -0.368 e. The molecule has 734 valence electrons. The van der Waals surface area contributed by atoms with Gasteiger partial charge in [-0.25, -0.2) is 4.39 Å². The lowest BCUT2D eigenvalue weighted by atomic mass is 9.99. The molecule has 2 aliphatic rings. The van der Waals surface area contributed by atoms with E-state index >= 15 is 0 Å². The quantitative estimate of drug-likeness (QED) is 0.0171. The Balaban J connectivity index is 0.000000523. The fraction of sp³-hybridized carbons (Fsp3) is 0.389. The van der Waals surface area contributed by atoms with Crippen LogP contribution in [0.1, 0.15) is 146 Å². The third kappa shape index (κ3) is 51.7. The number of halogens is 1. The minimum absolute atomic E-state index is 0.00415. The number of likely N-dealkylation sites (tertiary alicyclic amines) is 1. The van der Waals surface area contributed by atoms with Crippen molar-refractivity contribution in [3.63, 3.8) is 0 Å². The fourth-order valence-electron chi connectivity index (χ4n) is 11.2. The summed E-state index contributed by atoms with van der Waals surface area (Å²) in [6.07, 6.45) is 13.5. The number of rotatable bonds is 40. The molecule has 0 unspecified atom stereocenters. The van der Waals surface area contributed by atoms with Crippen LogP contribution in [0.25, 0.3) is 0 Å². The van der Waals surface area contributed by atoms with Crippen LogP contribution in [0, 0.1) is 19.7 Å².